The molecule has 4 nitrogen and oxygen atoms in total. The van der Waals surface area contributed by atoms with Crippen LogP contribution in [0.25, 0.3) is 0 Å². The second kappa shape index (κ2) is 5.34. The molecule has 5 heteroatoms. The highest BCUT2D eigenvalue weighted by Gasteiger charge is 1.97. The minimum absolute atomic E-state index is 0. The van der Waals surface area contributed by atoms with Crippen LogP contribution < -0.4 is 16.0 Å². The van der Waals surface area contributed by atoms with Crippen molar-refractivity contribution in [3.63, 3.8) is 0 Å². The highest BCUT2D eigenvalue weighted by molar-refractivity contribution is 5.87. The van der Waals surface area contributed by atoms with Crippen LogP contribution in [0.2, 0.25) is 0 Å². The van der Waals surface area contributed by atoms with Gasteiger partial charge in [-0.05, 0) is 24.3 Å². The Bertz CT molecular complexity index is 297. The van der Waals surface area contributed by atoms with Crippen LogP contribution >= 0.6 is 12.4 Å². The molecule has 0 aliphatic heterocycles. The number of benzene rings is 1. The number of hydrogen-bond acceptors (Lipinski definition) is 2. The molecule has 1 aromatic carbocycles. The maximum Gasteiger partial charge on any atom is 0.316 e. The van der Waals surface area contributed by atoms with Crippen LogP contribution in [0, 0.1) is 0 Å². The van der Waals surface area contributed by atoms with E-state index in [1.807, 2.05) is 31.1 Å². The molecule has 0 spiro atoms. The number of amides is 2. The number of primary amides is 1. The van der Waals surface area contributed by atoms with Crippen molar-refractivity contribution in [3.8, 4) is 0 Å². The maximum absolute atomic E-state index is 10.5. The fourth-order valence-electron chi connectivity index (χ4n) is 0.985. The van der Waals surface area contributed by atoms with E-state index in [2.05, 4.69) is 5.32 Å². The Labute approximate surface area is 89.5 Å². The molecular weight excluding hydrogens is 202 g/mol. The summed E-state index contributed by atoms with van der Waals surface area (Å²) >= 11 is 0. The van der Waals surface area contributed by atoms with E-state index in [9.17, 15) is 4.79 Å². The van der Waals surface area contributed by atoms with Crippen molar-refractivity contribution < 1.29 is 4.79 Å². The van der Waals surface area contributed by atoms with Crippen LogP contribution in [0.1, 0.15) is 0 Å². The van der Waals surface area contributed by atoms with E-state index in [1.165, 1.54) is 0 Å². The Morgan fingerprint density at radius 3 is 2.14 bits per heavy atom. The molecule has 0 radical (unpaired) electrons. The first kappa shape index (κ1) is 12.6. The summed E-state index contributed by atoms with van der Waals surface area (Å²) in [5.74, 6) is 0. The van der Waals surface area contributed by atoms with E-state index in [-0.39, 0.29) is 12.4 Å². The van der Waals surface area contributed by atoms with Crippen molar-refractivity contribution in [1.82, 2.24) is 0 Å². The zero-order valence-electron chi connectivity index (χ0n) is 8.15. The van der Waals surface area contributed by atoms with Crippen LogP contribution in [-0.4, -0.2) is 20.1 Å². The van der Waals surface area contributed by atoms with Gasteiger partial charge in [0.05, 0.1) is 0 Å². The molecule has 1 rings (SSSR count). The van der Waals surface area contributed by atoms with Crippen molar-refractivity contribution >= 4 is 29.8 Å². The van der Waals surface area contributed by atoms with Gasteiger partial charge in [-0.1, -0.05) is 0 Å². The average molecular weight is 216 g/mol. The van der Waals surface area contributed by atoms with Gasteiger partial charge in [0, 0.05) is 25.5 Å². The van der Waals surface area contributed by atoms with Crippen LogP contribution in [0.15, 0.2) is 24.3 Å². The number of urea groups is 1. The van der Waals surface area contributed by atoms with Gasteiger partial charge in [-0.15, -0.1) is 12.4 Å². The summed E-state index contributed by atoms with van der Waals surface area (Å²) in [7, 11) is 3.91. The lowest BCUT2D eigenvalue weighted by atomic mass is 10.2. The van der Waals surface area contributed by atoms with Gasteiger partial charge < -0.3 is 16.0 Å². The van der Waals surface area contributed by atoms with Crippen LogP contribution in [0.4, 0.5) is 16.2 Å². The number of hydrogen-bond donors (Lipinski definition) is 2. The summed E-state index contributed by atoms with van der Waals surface area (Å²) in [6.07, 6.45) is 0. The zero-order chi connectivity index (χ0) is 9.84. The molecule has 0 saturated carbocycles. The van der Waals surface area contributed by atoms with E-state index in [0.29, 0.717) is 5.69 Å². The molecule has 0 heterocycles. The first-order valence-electron chi connectivity index (χ1n) is 3.93. The van der Waals surface area contributed by atoms with Gasteiger partial charge in [-0.2, -0.15) is 0 Å². The van der Waals surface area contributed by atoms with E-state index in [1.54, 1.807) is 12.1 Å². The second-order valence-electron chi connectivity index (χ2n) is 2.93. The van der Waals surface area contributed by atoms with Gasteiger partial charge in [0.1, 0.15) is 0 Å². The van der Waals surface area contributed by atoms with E-state index < -0.39 is 6.03 Å². The van der Waals surface area contributed by atoms with Gasteiger partial charge in [-0.25, -0.2) is 4.79 Å². The number of nitrogens with zero attached hydrogens (tertiary/aromatic N) is 1. The molecule has 2 amide bonds. The molecule has 0 atom stereocenters. The third-order valence-corrected chi connectivity index (χ3v) is 1.65. The second-order valence-corrected chi connectivity index (χ2v) is 2.93. The normalized spacial score (nSPS) is 8.71. The molecule has 3 N–H and O–H groups in total. The quantitative estimate of drug-likeness (QED) is 0.789. The molecule has 1 aromatic rings. The van der Waals surface area contributed by atoms with Gasteiger partial charge in [0.15, 0.2) is 0 Å². The summed E-state index contributed by atoms with van der Waals surface area (Å²) in [5.41, 5.74) is 6.75. The lowest BCUT2D eigenvalue weighted by molar-refractivity contribution is 0.259. The molecule has 0 unspecified atom stereocenters. The molecule has 0 aliphatic rings. The van der Waals surface area contributed by atoms with Crippen molar-refractivity contribution in [2.45, 2.75) is 0 Å². The Morgan fingerprint density at radius 2 is 1.79 bits per heavy atom. The number of nitrogens with one attached hydrogen (secondary N) is 1. The predicted molar refractivity (Wildman–Crippen MR) is 61.2 cm³/mol. The summed E-state index contributed by atoms with van der Waals surface area (Å²) in [6.45, 7) is 0. The molecule has 78 valence electrons. The van der Waals surface area contributed by atoms with Crippen molar-refractivity contribution in [2.24, 2.45) is 5.73 Å². The molecule has 0 fully saturated rings. The van der Waals surface area contributed by atoms with Crippen molar-refractivity contribution in [2.75, 3.05) is 24.3 Å². The summed E-state index contributed by atoms with van der Waals surface area (Å²) in [4.78, 5) is 12.5. The van der Waals surface area contributed by atoms with Gasteiger partial charge >= 0.3 is 6.03 Å². The summed E-state index contributed by atoms with van der Waals surface area (Å²) < 4.78 is 0. The van der Waals surface area contributed by atoms with Crippen molar-refractivity contribution in [3.05, 3.63) is 24.3 Å². The third kappa shape index (κ3) is 3.53. The molecule has 0 bridgehead atoms. The SMILES string of the molecule is CN(C)c1ccc(NC(N)=O)cc1.Cl. The molecular formula is C9H14ClN3O. The summed E-state index contributed by atoms with van der Waals surface area (Å²) in [5, 5.41) is 2.49. The monoisotopic (exact) mass is 215 g/mol. The lowest BCUT2D eigenvalue weighted by Crippen LogP contribution is -2.19. The van der Waals surface area contributed by atoms with Crippen LogP contribution in [0.3, 0.4) is 0 Å². The standard InChI is InChI=1S/C9H13N3O.ClH/c1-12(2)8-5-3-7(4-6-8)11-9(10)13;/h3-6H,1-2H3,(H3,10,11,13);1H. The largest absolute Gasteiger partial charge is 0.378 e. The number of halogens is 1. The Balaban J connectivity index is 0.00000169. The number of anilines is 2. The number of carbonyl (C=O) groups is 1. The van der Waals surface area contributed by atoms with Crippen molar-refractivity contribution in [1.29, 1.82) is 0 Å². The number of rotatable bonds is 2. The van der Waals surface area contributed by atoms with E-state index >= 15 is 0 Å². The van der Waals surface area contributed by atoms with Gasteiger partial charge in [0.25, 0.3) is 0 Å². The topological polar surface area (TPSA) is 58.4 Å². The highest BCUT2D eigenvalue weighted by atomic mass is 35.5. The average Bonchev–Trinajstić information content (AvgIpc) is 2.04. The van der Waals surface area contributed by atoms with Crippen LogP contribution in [-0.2, 0) is 0 Å². The molecule has 0 aliphatic carbocycles. The van der Waals surface area contributed by atoms with E-state index in [4.69, 9.17) is 5.73 Å². The fraction of sp³-hybridized carbons (Fsp3) is 0.222. The minimum Gasteiger partial charge on any atom is -0.378 e. The fourth-order valence-corrected chi connectivity index (χ4v) is 0.985. The van der Waals surface area contributed by atoms with Gasteiger partial charge in [-0.3, -0.25) is 0 Å². The van der Waals surface area contributed by atoms with E-state index in [0.717, 1.165) is 5.69 Å². The molecule has 0 saturated heterocycles. The molecule has 14 heavy (non-hydrogen) atoms. The zero-order valence-corrected chi connectivity index (χ0v) is 8.97. The Morgan fingerprint density at radius 1 is 1.29 bits per heavy atom. The highest BCUT2D eigenvalue weighted by Crippen LogP contribution is 2.14. The predicted octanol–water partition coefficient (Wildman–Crippen LogP) is 1.66. The maximum atomic E-state index is 10.5. The van der Waals surface area contributed by atoms with Crippen LogP contribution in [0.5, 0.6) is 0 Å². The molecule has 0 aromatic heterocycles. The Hall–Kier alpha value is -1.42. The number of carbonyl (C=O) groups excluding carboxylic acids is 1. The minimum atomic E-state index is -0.544. The summed E-state index contributed by atoms with van der Waals surface area (Å²) in [6, 6.07) is 6.88. The lowest BCUT2D eigenvalue weighted by Gasteiger charge is -2.12. The third-order valence-electron chi connectivity index (χ3n) is 1.65. The smallest absolute Gasteiger partial charge is 0.316 e. The van der Waals surface area contributed by atoms with Gasteiger partial charge in [0.2, 0.25) is 0 Å². The first-order valence-corrected chi connectivity index (χ1v) is 3.93. The number of nitrogens with two attached hydrogens (primary N) is 1. The first-order chi connectivity index (χ1) is 6.09. The Kier molecular flexibility index (Phi) is 4.80.